The fourth-order valence-electron chi connectivity index (χ4n) is 1.56. The second-order valence-electron chi connectivity index (χ2n) is 4.23. The molecule has 0 fully saturated rings. The molecule has 0 aliphatic rings. The molecule has 1 heterocycles. The first kappa shape index (κ1) is 15.9. The first-order valence-electron chi connectivity index (χ1n) is 5.74. The summed E-state index contributed by atoms with van der Waals surface area (Å²) < 4.78 is 39.0. The van der Waals surface area contributed by atoms with Crippen molar-refractivity contribution in [2.75, 3.05) is 0 Å². The van der Waals surface area contributed by atoms with Crippen LogP contribution in [0.5, 0.6) is 0 Å². The van der Waals surface area contributed by atoms with Gasteiger partial charge in [-0.2, -0.15) is 13.2 Å². The first-order valence-corrected chi connectivity index (χ1v) is 6.53. The minimum absolute atomic E-state index is 0.132. The van der Waals surface area contributed by atoms with E-state index < -0.39 is 24.0 Å². The molecule has 1 rings (SSSR count). The summed E-state index contributed by atoms with van der Waals surface area (Å²) in [6, 6.07) is -0.492. The Labute approximate surface area is 117 Å². The number of aromatic nitrogens is 1. The van der Waals surface area contributed by atoms with Gasteiger partial charge in [0.1, 0.15) is 6.04 Å². The summed E-state index contributed by atoms with van der Waals surface area (Å²) >= 11 is 3.09. The Morgan fingerprint density at radius 1 is 1.53 bits per heavy atom. The summed E-state index contributed by atoms with van der Waals surface area (Å²) in [4.78, 5) is 15.6. The number of halogens is 4. The zero-order valence-corrected chi connectivity index (χ0v) is 12.0. The smallest absolute Gasteiger partial charge is 0.340 e. The van der Waals surface area contributed by atoms with E-state index in [9.17, 15) is 18.0 Å². The van der Waals surface area contributed by atoms with Gasteiger partial charge in [-0.25, -0.2) is 0 Å². The van der Waals surface area contributed by atoms with E-state index in [2.05, 4.69) is 20.9 Å². The van der Waals surface area contributed by atoms with E-state index in [4.69, 9.17) is 0 Å². The summed E-state index contributed by atoms with van der Waals surface area (Å²) in [5.41, 5.74) is 0.132. The number of pyridine rings is 1. The number of nitrogens with zero attached hydrogens (tertiary/aromatic N) is 1. The third-order valence-electron chi connectivity index (χ3n) is 2.87. The van der Waals surface area contributed by atoms with E-state index in [1.54, 1.807) is 6.92 Å². The molecule has 106 valence electrons. The minimum Gasteiger partial charge on any atom is -0.340 e. The average Bonchev–Trinajstić information content (AvgIpc) is 2.34. The van der Waals surface area contributed by atoms with Crippen LogP contribution in [0.2, 0.25) is 0 Å². The molecular formula is C12H14BrF3N2O. The Morgan fingerprint density at radius 3 is 2.63 bits per heavy atom. The molecule has 2 atom stereocenters. The van der Waals surface area contributed by atoms with Gasteiger partial charge < -0.3 is 5.32 Å². The minimum atomic E-state index is -4.47. The predicted octanol–water partition coefficient (Wildman–Crippen LogP) is 3.55. The molecule has 0 bridgehead atoms. The van der Waals surface area contributed by atoms with Crippen molar-refractivity contribution in [3.63, 3.8) is 0 Å². The van der Waals surface area contributed by atoms with Crippen LogP contribution in [0, 0.1) is 5.92 Å². The van der Waals surface area contributed by atoms with Gasteiger partial charge in [0.2, 0.25) is 0 Å². The van der Waals surface area contributed by atoms with Crippen molar-refractivity contribution in [2.45, 2.75) is 32.5 Å². The highest BCUT2D eigenvalue weighted by molar-refractivity contribution is 9.10. The normalized spacial score (nSPS) is 14.8. The maximum atomic E-state index is 12.9. The van der Waals surface area contributed by atoms with Crippen LogP contribution in [0.25, 0.3) is 0 Å². The standard InChI is InChI=1S/C12H14BrF3N2O/c1-3-7(2)10(12(14,15)16)18-11(19)8-4-5-17-6-9(8)13/h4-7,10H,3H2,1-2H3,(H,18,19)/t7-,10-/m0/s1. The van der Waals surface area contributed by atoms with Gasteiger partial charge in [-0.3, -0.25) is 9.78 Å². The molecule has 0 aromatic carbocycles. The lowest BCUT2D eigenvalue weighted by molar-refractivity contribution is -0.164. The highest BCUT2D eigenvalue weighted by Gasteiger charge is 2.43. The molecule has 0 radical (unpaired) electrons. The zero-order valence-electron chi connectivity index (χ0n) is 10.5. The van der Waals surface area contributed by atoms with Crippen LogP contribution in [-0.4, -0.2) is 23.1 Å². The molecule has 19 heavy (non-hydrogen) atoms. The number of amides is 1. The molecule has 0 saturated heterocycles. The highest BCUT2D eigenvalue weighted by atomic mass is 79.9. The summed E-state index contributed by atoms with van der Waals surface area (Å²) in [7, 11) is 0. The fraction of sp³-hybridized carbons (Fsp3) is 0.500. The van der Waals surface area contributed by atoms with Crippen molar-refractivity contribution < 1.29 is 18.0 Å². The van der Waals surface area contributed by atoms with Crippen LogP contribution in [-0.2, 0) is 0 Å². The Kier molecular flexibility index (Phi) is 5.34. The van der Waals surface area contributed by atoms with Gasteiger partial charge >= 0.3 is 6.18 Å². The van der Waals surface area contributed by atoms with Crippen LogP contribution in [0.1, 0.15) is 30.6 Å². The molecule has 1 N–H and O–H groups in total. The topological polar surface area (TPSA) is 42.0 Å². The lowest BCUT2D eigenvalue weighted by Gasteiger charge is -2.26. The quantitative estimate of drug-likeness (QED) is 0.912. The van der Waals surface area contributed by atoms with E-state index in [0.29, 0.717) is 10.9 Å². The second-order valence-corrected chi connectivity index (χ2v) is 5.09. The van der Waals surface area contributed by atoms with Gasteiger partial charge in [-0.05, 0) is 27.9 Å². The Bertz CT molecular complexity index is 451. The van der Waals surface area contributed by atoms with Crippen molar-refractivity contribution >= 4 is 21.8 Å². The van der Waals surface area contributed by atoms with Crippen molar-refractivity contribution in [3.05, 3.63) is 28.5 Å². The van der Waals surface area contributed by atoms with Crippen molar-refractivity contribution in [1.82, 2.24) is 10.3 Å². The molecular weight excluding hydrogens is 325 g/mol. The maximum absolute atomic E-state index is 12.9. The Hall–Kier alpha value is -1.11. The monoisotopic (exact) mass is 338 g/mol. The van der Waals surface area contributed by atoms with Gasteiger partial charge in [-0.15, -0.1) is 0 Å². The molecule has 0 aliphatic carbocycles. The zero-order chi connectivity index (χ0) is 14.6. The lowest BCUT2D eigenvalue weighted by atomic mass is 9.98. The van der Waals surface area contributed by atoms with E-state index in [-0.39, 0.29) is 5.56 Å². The van der Waals surface area contributed by atoms with E-state index >= 15 is 0 Å². The van der Waals surface area contributed by atoms with Crippen molar-refractivity contribution in [1.29, 1.82) is 0 Å². The first-order chi connectivity index (χ1) is 8.77. The van der Waals surface area contributed by atoms with Gasteiger partial charge in [0.25, 0.3) is 5.91 Å². The van der Waals surface area contributed by atoms with Gasteiger partial charge in [0.15, 0.2) is 0 Å². The summed E-state index contributed by atoms with van der Waals surface area (Å²) in [5.74, 6) is -1.46. The van der Waals surface area contributed by atoms with Crippen LogP contribution >= 0.6 is 15.9 Å². The summed E-state index contributed by atoms with van der Waals surface area (Å²) in [6.45, 7) is 3.11. The second kappa shape index (κ2) is 6.36. The third kappa shape index (κ3) is 4.19. The average molecular weight is 339 g/mol. The maximum Gasteiger partial charge on any atom is 0.408 e. The number of rotatable bonds is 4. The lowest BCUT2D eigenvalue weighted by Crippen LogP contribution is -2.49. The van der Waals surface area contributed by atoms with E-state index in [1.807, 2.05) is 5.32 Å². The summed E-state index contributed by atoms with van der Waals surface area (Å²) in [6.07, 6.45) is -1.43. The molecule has 0 unspecified atom stereocenters. The molecule has 0 spiro atoms. The number of nitrogens with one attached hydrogen (secondary N) is 1. The Morgan fingerprint density at radius 2 is 2.16 bits per heavy atom. The van der Waals surface area contributed by atoms with E-state index in [1.165, 1.54) is 25.4 Å². The predicted molar refractivity (Wildman–Crippen MR) is 68.7 cm³/mol. The van der Waals surface area contributed by atoms with Crippen molar-refractivity contribution in [2.24, 2.45) is 5.92 Å². The molecule has 7 heteroatoms. The number of hydrogen-bond acceptors (Lipinski definition) is 2. The van der Waals surface area contributed by atoms with Crippen LogP contribution in [0.15, 0.2) is 22.9 Å². The summed E-state index contributed by atoms with van der Waals surface area (Å²) in [5, 5.41) is 2.04. The highest BCUT2D eigenvalue weighted by Crippen LogP contribution is 2.28. The van der Waals surface area contributed by atoms with E-state index in [0.717, 1.165) is 0 Å². The molecule has 1 amide bonds. The van der Waals surface area contributed by atoms with Crippen LogP contribution in [0.3, 0.4) is 0 Å². The fourth-order valence-corrected chi connectivity index (χ4v) is 1.99. The van der Waals surface area contributed by atoms with Crippen molar-refractivity contribution in [3.8, 4) is 0 Å². The molecule has 0 aliphatic heterocycles. The molecule has 1 aromatic heterocycles. The molecule has 0 saturated carbocycles. The SMILES string of the molecule is CC[C@H](C)[C@H](NC(=O)c1ccncc1Br)C(F)(F)F. The largest absolute Gasteiger partial charge is 0.408 e. The number of carbonyl (C=O) groups is 1. The van der Waals surface area contributed by atoms with Crippen LogP contribution < -0.4 is 5.32 Å². The van der Waals surface area contributed by atoms with Gasteiger partial charge in [0.05, 0.1) is 5.56 Å². The van der Waals surface area contributed by atoms with Gasteiger partial charge in [0, 0.05) is 16.9 Å². The third-order valence-corrected chi connectivity index (χ3v) is 3.50. The number of hydrogen-bond donors (Lipinski definition) is 1. The van der Waals surface area contributed by atoms with Gasteiger partial charge in [-0.1, -0.05) is 20.3 Å². The number of carbonyl (C=O) groups excluding carboxylic acids is 1. The number of alkyl halides is 3. The molecule has 3 nitrogen and oxygen atoms in total. The Balaban J connectivity index is 2.92. The van der Waals surface area contributed by atoms with Crippen LogP contribution in [0.4, 0.5) is 13.2 Å². The molecule has 1 aromatic rings.